The van der Waals surface area contributed by atoms with E-state index in [1.807, 2.05) is 0 Å². The smallest absolute Gasteiger partial charge is 0.0725 e. The van der Waals surface area contributed by atoms with E-state index in [1.165, 1.54) is 77.9 Å². The molecule has 0 saturated carbocycles. The summed E-state index contributed by atoms with van der Waals surface area (Å²) in [5.41, 5.74) is 21.1. The number of benzene rings is 9. The SMILES string of the molecule is c1ccc(N(c2ccccc2)c2ccc(-c3ccc(-c4ccccc4-c4cccc5c4-c4ccccc4C54c5ccccc5-c5ccccc54)cc3)cc2)cc1. The maximum atomic E-state index is 2.37. The standard InChI is InChI=1S/C55H37N/c1-3-16-41(17-4-1)56(42-18-5-2-6-19-42)43-36-34-39(35-37-43)38-30-32-40(33-31-38)44-20-7-8-21-45(44)48-25-15-29-53-54(48)49-24-11-14-28-52(49)55(53)50-26-12-9-22-46(50)47-23-10-13-27-51(47)55/h1-37H. The molecule has 0 amide bonds. The molecule has 2 aliphatic rings. The van der Waals surface area contributed by atoms with E-state index < -0.39 is 0 Å². The van der Waals surface area contributed by atoms with Crippen LogP contribution < -0.4 is 4.90 Å². The van der Waals surface area contributed by atoms with Gasteiger partial charge in [-0.2, -0.15) is 0 Å². The van der Waals surface area contributed by atoms with Crippen molar-refractivity contribution in [3.63, 3.8) is 0 Å². The normalized spacial score (nSPS) is 12.8. The van der Waals surface area contributed by atoms with Gasteiger partial charge in [-0.3, -0.25) is 0 Å². The Hall–Kier alpha value is -7.22. The average Bonchev–Trinajstić information content (AvgIpc) is 3.75. The average molecular weight is 712 g/mol. The summed E-state index contributed by atoms with van der Waals surface area (Å²) in [7, 11) is 0. The molecule has 0 radical (unpaired) electrons. The summed E-state index contributed by atoms with van der Waals surface area (Å²) in [6.45, 7) is 0. The maximum Gasteiger partial charge on any atom is 0.0725 e. The predicted molar refractivity (Wildman–Crippen MR) is 234 cm³/mol. The Morgan fingerprint density at radius 1 is 0.232 bits per heavy atom. The lowest BCUT2D eigenvalue weighted by atomic mass is 9.70. The van der Waals surface area contributed by atoms with Crippen molar-refractivity contribution < 1.29 is 0 Å². The Bertz CT molecular complexity index is 2800. The van der Waals surface area contributed by atoms with Gasteiger partial charge in [-0.1, -0.05) is 188 Å². The number of fused-ring (bicyclic) bond motifs is 10. The summed E-state index contributed by atoms with van der Waals surface area (Å²) < 4.78 is 0. The van der Waals surface area contributed by atoms with Gasteiger partial charge in [0.15, 0.2) is 0 Å². The zero-order valence-electron chi connectivity index (χ0n) is 30.8. The molecule has 2 aliphatic carbocycles. The van der Waals surface area contributed by atoms with Crippen LogP contribution in [0.15, 0.2) is 224 Å². The molecule has 0 fully saturated rings. The lowest BCUT2D eigenvalue weighted by Crippen LogP contribution is -2.25. The third-order valence-electron chi connectivity index (χ3n) is 11.9. The number of anilines is 3. The fourth-order valence-electron chi connectivity index (χ4n) is 9.58. The molecule has 262 valence electrons. The van der Waals surface area contributed by atoms with Gasteiger partial charge in [-0.25, -0.2) is 0 Å². The van der Waals surface area contributed by atoms with Crippen LogP contribution in [0.1, 0.15) is 22.3 Å². The fraction of sp³-hybridized carbons (Fsp3) is 0.0182. The highest BCUT2D eigenvalue weighted by Gasteiger charge is 2.52. The van der Waals surface area contributed by atoms with E-state index in [2.05, 4.69) is 229 Å². The first-order chi connectivity index (χ1) is 27.8. The Kier molecular flexibility index (Phi) is 7.47. The molecular weight excluding hydrogens is 675 g/mol. The van der Waals surface area contributed by atoms with Crippen LogP contribution in [0.2, 0.25) is 0 Å². The van der Waals surface area contributed by atoms with Crippen molar-refractivity contribution >= 4 is 17.1 Å². The first-order valence-electron chi connectivity index (χ1n) is 19.4. The number of para-hydroxylation sites is 2. The van der Waals surface area contributed by atoms with Gasteiger partial charge >= 0.3 is 0 Å². The second-order valence-corrected chi connectivity index (χ2v) is 14.8. The topological polar surface area (TPSA) is 3.24 Å². The molecule has 0 saturated heterocycles. The Labute approximate surface area is 328 Å². The van der Waals surface area contributed by atoms with E-state index in [9.17, 15) is 0 Å². The second kappa shape index (κ2) is 13.0. The lowest BCUT2D eigenvalue weighted by molar-refractivity contribution is 0.794. The minimum atomic E-state index is -0.361. The number of nitrogens with zero attached hydrogens (tertiary/aromatic N) is 1. The van der Waals surface area contributed by atoms with Crippen LogP contribution in [-0.4, -0.2) is 0 Å². The highest BCUT2D eigenvalue weighted by Crippen LogP contribution is 2.64. The van der Waals surface area contributed by atoms with E-state index in [0.29, 0.717) is 0 Å². The second-order valence-electron chi connectivity index (χ2n) is 14.8. The van der Waals surface area contributed by atoms with Crippen molar-refractivity contribution in [3.8, 4) is 55.6 Å². The van der Waals surface area contributed by atoms with Gasteiger partial charge < -0.3 is 4.90 Å². The fourth-order valence-corrected chi connectivity index (χ4v) is 9.58. The van der Waals surface area contributed by atoms with Gasteiger partial charge in [0.25, 0.3) is 0 Å². The largest absolute Gasteiger partial charge is 0.311 e. The third-order valence-corrected chi connectivity index (χ3v) is 11.9. The van der Waals surface area contributed by atoms with Gasteiger partial charge in [0.05, 0.1) is 5.41 Å². The molecule has 0 bridgehead atoms. The van der Waals surface area contributed by atoms with Gasteiger partial charge in [-0.15, -0.1) is 0 Å². The molecule has 56 heavy (non-hydrogen) atoms. The van der Waals surface area contributed by atoms with Crippen molar-refractivity contribution in [1.82, 2.24) is 0 Å². The number of rotatable bonds is 6. The minimum Gasteiger partial charge on any atom is -0.311 e. The van der Waals surface area contributed by atoms with Crippen molar-refractivity contribution in [2.45, 2.75) is 5.41 Å². The molecule has 0 atom stereocenters. The Morgan fingerprint density at radius 2 is 0.607 bits per heavy atom. The monoisotopic (exact) mass is 711 g/mol. The van der Waals surface area contributed by atoms with Crippen LogP contribution in [0.5, 0.6) is 0 Å². The molecule has 11 rings (SSSR count). The highest BCUT2D eigenvalue weighted by molar-refractivity contribution is 6.02. The third kappa shape index (κ3) is 4.81. The quantitative estimate of drug-likeness (QED) is 0.166. The van der Waals surface area contributed by atoms with E-state index in [4.69, 9.17) is 0 Å². The molecule has 9 aromatic carbocycles. The molecule has 0 aromatic heterocycles. The van der Waals surface area contributed by atoms with Crippen LogP contribution in [0.4, 0.5) is 17.1 Å². The maximum absolute atomic E-state index is 2.37. The summed E-state index contributed by atoms with van der Waals surface area (Å²) in [4.78, 5) is 2.30. The van der Waals surface area contributed by atoms with Crippen molar-refractivity contribution in [1.29, 1.82) is 0 Å². The summed E-state index contributed by atoms with van der Waals surface area (Å²) in [6.07, 6.45) is 0. The van der Waals surface area contributed by atoms with Gasteiger partial charge in [0.2, 0.25) is 0 Å². The molecule has 0 aliphatic heterocycles. The van der Waals surface area contributed by atoms with Gasteiger partial charge in [0, 0.05) is 17.1 Å². The number of hydrogen-bond acceptors (Lipinski definition) is 1. The van der Waals surface area contributed by atoms with E-state index in [-0.39, 0.29) is 5.41 Å². The lowest BCUT2D eigenvalue weighted by Gasteiger charge is -2.30. The molecular formula is C55H37N. The zero-order chi connectivity index (χ0) is 37.1. The van der Waals surface area contributed by atoms with Gasteiger partial charge in [-0.05, 0) is 114 Å². The van der Waals surface area contributed by atoms with Crippen LogP contribution in [0.25, 0.3) is 55.6 Å². The first kappa shape index (κ1) is 32.2. The molecule has 0 unspecified atom stereocenters. The summed E-state index contributed by atoms with van der Waals surface area (Å²) in [6, 6.07) is 82.1. The van der Waals surface area contributed by atoms with Crippen LogP contribution in [0, 0.1) is 0 Å². The van der Waals surface area contributed by atoms with Crippen molar-refractivity contribution in [3.05, 3.63) is 247 Å². The Morgan fingerprint density at radius 3 is 1.18 bits per heavy atom. The predicted octanol–water partition coefficient (Wildman–Crippen LogP) is 14.5. The summed E-state index contributed by atoms with van der Waals surface area (Å²) >= 11 is 0. The zero-order valence-corrected chi connectivity index (χ0v) is 30.8. The van der Waals surface area contributed by atoms with Crippen LogP contribution in [0.3, 0.4) is 0 Å². The summed E-state index contributed by atoms with van der Waals surface area (Å²) in [5, 5.41) is 0. The first-order valence-corrected chi connectivity index (χ1v) is 19.4. The molecule has 1 spiro atoms. The summed E-state index contributed by atoms with van der Waals surface area (Å²) in [5.74, 6) is 0. The van der Waals surface area contributed by atoms with Crippen LogP contribution in [-0.2, 0) is 5.41 Å². The number of hydrogen-bond donors (Lipinski definition) is 0. The van der Waals surface area contributed by atoms with E-state index in [1.54, 1.807) is 0 Å². The van der Waals surface area contributed by atoms with Gasteiger partial charge in [0.1, 0.15) is 0 Å². The Balaban J connectivity index is 0.988. The molecule has 0 heterocycles. The van der Waals surface area contributed by atoms with Crippen molar-refractivity contribution in [2.75, 3.05) is 4.90 Å². The molecule has 1 heteroatoms. The van der Waals surface area contributed by atoms with Crippen LogP contribution >= 0.6 is 0 Å². The molecule has 9 aromatic rings. The van der Waals surface area contributed by atoms with Crippen molar-refractivity contribution in [2.24, 2.45) is 0 Å². The molecule has 1 nitrogen and oxygen atoms in total. The molecule has 0 N–H and O–H groups in total. The van der Waals surface area contributed by atoms with E-state index >= 15 is 0 Å². The van der Waals surface area contributed by atoms with E-state index in [0.717, 1.165) is 17.1 Å². The highest BCUT2D eigenvalue weighted by atomic mass is 15.1. The minimum absolute atomic E-state index is 0.361.